The van der Waals surface area contributed by atoms with E-state index in [4.69, 9.17) is 17.1 Å². The van der Waals surface area contributed by atoms with Gasteiger partial charge in [-0.25, -0.2) is 0 Å². The molecule has 122 valence electrons. The van der Waals surface area contributed by atoms with Crippen LogP contribution < -0.4 is 0 Å². The summed E-state index contributed by atoms with van der Waals surface area (Å²) in [6, 6.07) is 0.860. The molecule has 1 atom stereocenters. The topological polar surface area (TPSA) is 36.9 Å². The van der Waals surface area contributed by atoms with Gasteiger partial charge < -0.3 is 17.1 Å². The zero-order chi connectivity index (χ0) is 16.2. The fourth-order valence-electron chi connectivity index (χ4n) is 2.34. The fraction of sp³-hybridized carbons (Fsp3) is 1.00. The van der Waals surface area contributed by atoms with Gasteiger partial charge in [-0.05, 0) is 58.9 Å². The molecular formula is C12H34O4Si4. The van der Waals surface area contributed by atoms with Crippen molar-refractivity contribution in [2.45, 2.75) is 65.0 Å². The van der Waals surface area contributed by atoms with Crippen LogP contribution in [0.5, 0.6) is 0 Å². The molecule has 0 N–H and O–H groups in total. The quantitative estimate of drug-likeness (QED) is 0.583. The van der Waals surface area contributed by atoms with Crippen molar-refractivity contribution >= 4 is 33.8 Å². The standard InChI is InChI=1S/C12H34O4Si4/c1-13-11-12-20(10,15-18(5,6)7)16-19(8,9)14-17(2,3)4/h11-12H2,1-10H3. The Balaban J connectivity index is 4.96. The molecule has 1 unspecified atom stereocenters. The van der Waals surface area contributed by atoms with E-state index in [2.05, 4.69) is 58.9 Å². The van der Waals surface area contributed by atoms with Crippen molar-refractivity contribution in [1.82, 2.24) is 0 Å². The smallest absolute Gasteiger partial charge is 0.318 e. The highest BCUT2D eigenvalue weighted by Gasteiger charge is 2.44. The van der Waals surface area contributed by atoms with Gasteiger partial charge in [-0.3, -0.25) is 0 Å². The predicted octanol–water partition coefficient (Wildman–Crippen LogP) is 4.13. The molecule has 0 radical (unpaired) electrons. The Morgan fingerprint density at radius 2 is 1.10 bits per heavy atom. The number of ether oxygens (including phenoxy) is 1. The lowest BCUT2D eigenvalue weighted by atomic mass is 10.9. The average Bonchev–Trinajstić information content (AvgIpc) is 2.05. The Labute approximate surface area is 129 Å². The van der Waals surface area contributed by atoms with Crippen LogP contribution in [0.2, 0.25) is 65.0 Å². The van der Waals surface area contributed by atoms with Crippen molar-refractivity contribution in [3.05, 3.63) is 0 Å². The molecule has 0 fully saturated rings. The van der Waals surface area contributed by atoms with Crippen molar-refractivity contribution in [2.75, 3.05) is 13.7 Å². The molecular weight excluding hydrogens is 320 g/mol. The van der Waals surface area contributed by atoms with Crippen LogP contribution in [0.1, 0.15) is 0 Å². The maximum atomic E-state index is 6.50. The van der Waals surface area contributed by atoms with Gasteiger partial charge in [0.05, 0.1) is 0 Å². The Kier molecular flexibility index (Phi) is 7.57. The molecule has 0 saturated carbocycles. The summed E-state index contributed by atoms with van der Waals surface area (Å²) in [5.74, 6) is 0. The highest BCUT2D eigenvalue weighted by molar-refractivity contribution is 6.89. The zero-order valence-electron chi connectivity index (χ0n) is 15.0. The minimum atomic E-state index is -2.25. The Bertz CT molecular complexity index is 299. The summed E-state index contributed by atoms with van der Waals surface area (Å²) in [5.41, 5.74) is 0. The molecule has 0 aliphatic heterocycles. The van der Waals surface area contributed by atoms with Gasteiger partial charge in [0.1, 0.15) is 0 Å². The Morgan fingerprint density at radius 1 is 0.650 bits per heavy atom. The van der Waals surface area contributed by atoms with Gasteiger partial charge in [0, 0.05) is 19.8 Å². The third-order valence-corrected chi connectivity index (χ3v) is 15.7. The lowest BCUT2D eigenvalue weighted by Gasteiger charge is -2.41. The molecule has 0 saturated heterocycles. The highest BCUT2D eigenvalue weighted by Crippen LogP contribution is 2.26. The predicted molar refractivity (Wildman–Crippen MR) is 95.7 cm³/mol. The first-order chi connectivity index (χ1) is 8.68. The van der Waals surface area contributed by atoms with Crippen LogP contribution in [-0.2, 0) is 17.1 Å². The second kappa shape index (κ2) is 7.31. The van der Waals surface area contributed by atoms with Crippen molar-refractivity contribution in [3.63, 3.8) is 0 Å². The molecule has 0 aromatic carbocycles. The SMILES string of the molecule is COCC[Si](C)(O[Si](C)(C)C)O[Si](C)(C)O[Si](C)(C)C. The normalized spacial score (nSPS) is 17.1. The third-order valence-electron chi connectivity index (χ3n) is 2.30. The first-order valence-corrected chi connectivity index (χ1v) is 19.4. The molecule has 0 heterocycles. The van der Waals surface area contributed by atoms with Gasteiger partial charge >= 0.3 is 17.1 Å². The van der Waals surface area contributed by atoms with E-state index in [0.717, 1.165) is 6.04 Å². The van der Waals surface area contributed by atoms with E-state index in [0.29, 0.717) is 6.61 Å². The first kappa shape index (κ1) is 20.7. The highest BCUT2D eigenvalue weighted by atomic mass is 28.5. The molecule has 20 heavy (non-hydrogen) atoms. The second-order valence-electron chi connectivity index (χ2n) is 7.81. The molecule has 8 heteroatoms. The van der Waals surface area contributed by atoms with E-state index in [1.807, 2.05) is 0 Å². The van der Waals surface area contributed by atoms with Gasteiger partial charge in [-0.2, -0.15) is 0 Å². The molecule has 0 aromatic rings. The fourth-order valence-corrected chi connectivity index (χ4v) is 20.1. The van der Waals surface area contributed by atoms with Gasteiger partial charge in [-0.1, -0.05) is 0 Å². The number of hydrogen-bond donors (Lipinski definition) is 0. The molecule has 4 nitrogen and oxygen atoms in total. The van der Waals surface area contributed by atoms with Gasteiger partial charge in [0.2, 0.25) is 0 Å². The van der Waals surface area contributed by atoms with Gasteiger partial charge in [-0.15, -0.1) is 0 Å². The third kappa shape index (κ3) is 10.4. The van der Waals surface area contributed by atoms with E-state index in [1.54, 1.807) is 7.11 Å². The average molecular weight is 355 g/mol. The second-order valence-corrected chi connectivity index (χ2v) is 24.3. The largest absolute Gasteiger partial charge is 0.437 e. The number of hydrogen-bond acceptors (Lipinski definition) is 4. The summed E-state index contributed by atoms with van der Waals surface area (Å²) in [6.07, 6.45) is 0. The van der Waals surface area contributed by atoms with Crippen LogP contribution in [0, 0.1) is 0 Å². The molecule has 0 rings (SSSR count). The maximum absolute atomic E-state index is 6.50. The maximum Gasteiger partial charge on any atom is 0.318 e. The van der Waals surface area contributed by atoms with Crippen LogP contribution in [-0.4, -0.2) is 47.5 Å². The Hall–Kier alpha value is 0.708. The molecule has 0 aliphatic rings. The number of methoxy groups -OCH3 is 1. The lowest BCUT2D eigenvalue weighted by Crippen LogP contribution is -2.57. The van der Waals surface area contributed by atoms with Crippen molar-refractivity contribution in [3.8, 4) is 0 Å². The minimum absolute atomic E-state index is 0.685. The van der Waals surface area contributed by atoms with Crippen LogP contribution in [0.25, 0.3) is 0 Å². The van der Waals surface area contributed by atoms with Crippen LogP contribution in [0.4, 0.5) is 0 Å². The van der Waals surface area contributed by atoms with Gasteiger partial charge in [0.25, 0.3) is 0 Å². The molecule has 0 aromatic heterocycles. The van der Waals surface area contributed by atoms with Crippen LogP contribution in [0.3, 0.4) is 0 Å². The molecule has 0 aliphatic carbocycles. The van der Waals surface area contributed by atoms with E-state index < -0.39 is 33.8 Å². The van der Waals surface area contributed by atoms with E-state index >= 15 is 0 Å². The first-order valence-electron chi connectivity index (χ1n) is 7.28. The summed E-state index contributed by atoms with van der Waals surface area (Å²) in [6.45, 7) is 20.4. The van der Waals surface area contributed by atoms with Crippen molar-refractivity contribution < 1.29 is 17.1 Å². The molecule has 0 spiro atoms. The number of rotatable bonds is 9. The van der Waals surface area contributed by atoms with Crippen molar-refractivity contribution in [2.24, 2.45) is 0 Å². The van der Waals surface area contributed by atoms with Gasteiger partial charge in [0.15, 0.2) is 16.6 Å². The van der Waals surface area contributed by atoms with E-state index in [1.165, 1.54) is 0 Å². The van der Waals surface area contributed by atoms with E-state index in [-0.39, 0.29) is 0 Å². The summed E-state index contributed by atoms with van der Waals surface area (Å²) in [7, 11) is -5.92. The lowest BCUT2D eigenvalue weighted by molar-refractivity contribution is 0.203. The molecule has 0 bridgehead atoms. The summed E-state index contributed by atoms with van der Waals surface area (Å²) in [5, 5.41) is 0. The summed E-state index contributed by atoms with van der Waals surface area (Å²) in [4.78, 5) is 0. The summed E-state index contributed by atoms with van der Waals surface area (Å²) < 4.78 is 24.5. The minimum Gasteiger partial charge on any atom is -0.437 e. The summed E-state index contributed by atoms with van der Waals surface area (Å²) >= 11 is 0. The van der Waals surface area contributed by atoms with Crippen LogP contribution >= 0.6 is 0 Å². The van der Waals surface area contributed by atoms with Crippen molar-refractivity contribution in [1.29, 1.82) is 0 Å². The Morgan fingerprint density at radius 3 is 1.45 bits per heavy atom. The van der Waals surface area contributed by atoms with Crippen LogP contribution in [0.15, 0.2) is 0 Å². The molecule has 0 amide bonds. The zero-order valence-corrected chi connectivity index (χ0v) is 19.0. The van der Waals surface area contributed by atoms with E-state index in [9.17, 15) is 0 Å². The monoisotopic (exact) mass is 354 g/mol.